The highest BCUT2D eigenvalue weighted by Crippen LogP contribution is 2.25. The Morgan fingerprint density at radius 1 is 1.10 bits per heavy atom. The molecule has 0 radical (unpaired) electrons. The Bertz CT molecular complexity index is 205. The Kier molecular flexibility index (Phi) is 3.02. The van der Waals surface area contributed by atoms with Gasteiger partial charge in [0.05, 0.1) is 0 Å². The van der Waals surface area contributed by atoms with Gasteiger partial charge in [-0.3, -0.25) is 0 Å². The van der Waals surface area contributed by atoms with Gasteiger partial charge in [0.25, 0.3) is 0 Å². The van der Waals surface area contributed by atoms with Crippen LogP contribution in [0.3, 0.4) is 0 Å². The highest BCUT2D eigenvalue weighted by molar-refractivity contribution is 9.10. The summed E-state index contributed by atoms with van der Waals surface area (Å²) in [5.74, 6) is 0. The molecule has 1 aromatic rings. The van der Waals surface area contributed by atoms with Gasteiger partial charge in [-0.2, -0.15) is 0 Å². The third-order valence-electron chi connectivity index (χ3n) is 1.12. The molecule has 0 amide bonds. The number of hydrogen-bond donors (Lipinski definition) is 0. The monoisotopic (exact) mass is 238 g/mol. The summed E-state index contributed by atoms with van der Waals surface area (Å²) in [5, 5.41) is 0. The first-order valence-corrected chi connectivity index (χ1v) is 4.40. The van der Waals surface area contributed by atoms with E-state index >= 15 is 0 Å². The van der Waals surface area contributed by atoms with Gasteiger partial charge in [0.15, 0.2) is 0 Å². The van der Waals surface area contributed by atoms with E-state index < -0.39 is 4.84 Å². The molecule has 0 aliphatic heterocycles. The molecular formula is C7H5BrCl2. The van der Waals surface area contributed by atoms with Crippen molar-refractivity contribution in [3.8, 4) is 0 Å². The van der Waals surface area contributed by atoms with Gasteiger partial charge in [-0.05, 0) is 17.7 Å². The second kappa shape index (κ2) is 3.61. The Morgan fingerprint density at radius 2 is 1.60 bits per heavy atom. The van der Waals surface area contributed by atoms with Crippen molar-refractivity contribution in [2.45, 2.75) is 4.84 Å². The zero-order valence-corrected chi connectivity index (χ0v) is 8.12. The third kappa shape index (κ3) is 2.15. The minimum atomic E-state index is -0.423. The van der Waals surface area contributed by atoms with Gasteiger partial charge in [-0.25, -0.2) is 0 Å². The normalized spacial score (nSPS) is 10.4. The molecule has 0 atom stereocenters. The van der Waals surface area contributed by atoms with Gasteiger partial charge in [0.2, 0.25) is 0 Å². The van der Waals surface area contributed by atoms with E-state index in [2.05, 4.69) is 15.9 Å². The summed E-state index contributed by atoms with van der Waals surface area (Å²) in [7, 11) is 0. The standard InChI is InChI=1S/C7H5BrCl2/c8-6-3-1-5(2-4-6)7(9)10/h1-4,7H. The Morgan fingerprint density at radius 3 is 2.00 bits per heavy atom. The van der Waals surface area contributed by atoms with Gasteiger partial charge >= 0.3 is 0 Å². The summed E-state index contributed by atoms with van der Waals surface area (Å²) < 4.78 is 1.03. The predicted molar refractivity (Wildman–Crippen MR) is 48.6 cm³/mol. The lowest BCUT2D eigenvalue weighted by molar-refractivity contribution is 1.34. The van der Waals surface area contributed by atoms with Crippen LogP contribution in [0.1, 0.15) is 10.4 Å². The molecule has 0 aliphatic carbocycles. The highest BCUT2D eigenvalue weighted by Gasteiger charge is 2.00. The van der Waals surface area contributed by atoms with Gasteiger partial charge < -0.3 is 0 Å². The van der Waals surface area contributed by atoms with Crippen LogP contribution < -0.4 is 0 Å². The maximum absolute atomic E-state index is 5.61. The minimum Gasteiger partial charge on any atom is -0.100 e. The smallest absolute Gasteiger partial charge is 0.100 e. The van der Waals surface area contributed by atoms with E-state index in [0.29, 0.717) is 0 Å². The minimum absolute atomic E-state index is 0.423. The van der Waals surface area contributed by atoms with Crippen LogP contribution in [0.4, 0.5) is 0 Å². The lowest BCUT2D eigenvalue weighted by Gasteiger charge is -1.99. The van der Waals surface area contributed by atoms with Crippen molar-refractivity contribution in [2.75, 3.05) is 0 Å². The van der Waals surface area contributed by atoms with E-state index in [0.717, 1.165) is 10.0 Å². The van der Waals surface area contributed by atoms with Gasteiger partial charge in [0, 0.05) is 4.47 Å². The highest BCUT2D eigenvalue weighted by atomic mass is 79.9. The molecule has 0 nitrogen and oxygen atoms in total. The fourth-order valence-corrected chi connectivity index (χ4v) is 1.16. The number of hydrogen-bond acceptors (Lipinski definition) is 0. The van der Waals surface area contributed by atoms with E-state index in [9.17, 15) is 0 Å². The van der Waals surface area contributed by atoms with Crippen molar-refractivity contribution < 1.29 is 0 Å². The van der Waals surface area contributed by atoms with Crippen molar-refractivity contribution >= 4 is 39.1 Å². The van der Waals surface area contributed by atoms with Crippen LogP contribution in [0, 0.1) is 0 Å². The number of benzene rings is 1. The van der Waals surface area contributed by atoms with Crippen LogP contribution in [0.5, 0.6) is 0 Å². The summed E-state index contributed by atoms with van der Waals surface area (Å²) >= 11 is 14.5. The molecule has 0 aromatic heterocycles. The fraction of sp³-hybridized carbons (Fsp3) is 0.143. The first-order valence-electron chi connectivity index (χ1n) is 2.74. The summed E-state index contributed by atoms with van der Waals surface area (Å²) in [4.78, 5) is -0.423. The second-order valence-corrected chi connectivity index (χ2v) is 3.86. The summed E-state index contributed by atoms with van der Waals surface area (Å²) in [6, 6.07) is 7.59. The summed E-state index contributed by atoms with van der Waals surface area (Å²) in [5.41, 5.74) is 0.923. The average molecular weight is 240 g/mol. The molecule has 0 N–H and O–H groups in total. The Balaban J connectivity index is 2.89. The van der Waals surface area contributed by atoms with E-state index in [4.69, 9.17) is 23.2 Å². The molecule has 0 bridgehead atoms. The van der Waals surface area contributed by atoms with E-state index in [-0.39, 0.29) is 0 Å². The lowest BCUT2D eigenvalue weighted by atomic mass is 10.2. The average Bonchev–Trinajstić information content (AvgIpc) is 1.88. The molecule has 0 saturated heterocycles. The van der Waals surface area contributed by atoms with Crippen LogP contribution in [0.15, 0.2) is 28.7 Å². The summed E-state index contributed by atoms with van der Waals surface area (Å²) in [6.45, 7) is 0. The van der Waals surface area contributed by atoms with E-state index in [1.54, 1.807) is 0 Å². The zero-order valence-electron chi connectivity index (χ0n) is 5.02. The molecule has 0 spiro atoms. The van der Waals surface area contributed by atoms with Crippen molar-refractivity contribution in [1.82, 2.24) is 0 Å². The maximum atomic E-state index is 5.61. The molecule has 54 valence electrons. The molecule has 0 heterocycles. The number of alkyl halides is 2. The van der Waals surface area contributed by atoms with Gasteiger partial charge in [-0.15, -0.1) is 23.2 Å². The molecule has 0 aliphatic rings. The van der Waals surface area contributed by atoms with Crippen molar-refractivity contribution in [3.05, 3.63) is 34.3 Å². The third-order valence-corrected chi connectivity index (χ3v) is 2.15. The predicted octanol–water partition coefficient (Wildman–Crippen LogP) is 3.93. The van der Waals surface area contributed by atoms with Crippen molar-refractivity contribution in [3.63, 3.8) is 0 Å². The molecule has 0 saturated carbocycles. The van der Waals surface area contributed by atoms with Crippen LogP contribution in [-0.4, -0.2) is 0 Å². The van der Waals surface area contributed by atoms with Crippen LogP contribution in [-0.2, 0) is 0 Å². The SMILES string of the molecule is ClC(Cl)c1ccc(Br)cc1. The molecule has 0 unspecified atom stereocenters. The molecular weight excluding hydrogens is 235 g/mol. The van der Waals surface area contributed by atoms with Crippen LogP contribution in [0.2, 0.25) is 0 Å². The van der Waals surface area contributed by atoms with E-state index in [1.165, 1.54) is 0 Å². The zero-order chi connectivity index (χ0) is 7.56. The van der Waals surface area contributed by atoms with Gasteiger partial charge in [0.1, 0.15) is 4.84 Å². The second-order valence-electron chi connectivity index (χ2n) is 1.85. The topological polar surface area (TPSA) is 0 Å². The van der Waals surface area contributed by atoms with Crippen LogP contribution in [0.25, 0.3) is 0 Å². The molecule has 1 rings (SSSR count). The quantitative estimate of drug-likeness (QED) is 0.652. The molecule has 10 heavy (non-hydrogen) atoms. The fourth-order valence-electron chi connectivity index (χ4n) is 0.608. The largest absolute Gasteiger partial charge is 0.132 e. The van der Waals surface area contributed by atoms with Crippen LogP contribution >= 0.6 is 39.1 Å². The molecule has 0 fully saturated rings. The lowest BCUT2D eigenvalue weighted by Crippen LogP contribution is -1.78. The first kappa shape index (κ1) is 8.38. The number of rotatable bonds is 1. The maximum Gasteiger partial charge on any atom is 0.132 e. The number of halogens is 3. The van der Waals surface area contributed by atoms with Gasteiger partial charge in [-0.1, -0.05) is 28.1 Å². The molecule has 3 heteroatoms. The van der Waals surface area contributed by atoms with Crippen molar-refractivity contribution in [2.24, 2.45) is 0 Å². The summed E-state index contributed by atoms with van der Waals surface area (Å²) in [6.07, 6.45) is 0. The van der Waals surface area contributed by atoms with Crippen molar-refractivity contribution in [1.29, 1.82) is 0 Å². The first-order chi connectivity index (χ1) is 4.70. The Labute approximate surface area is 78.3 Å². The Hall–Kier alpha value is 0.280. The van der Waals surface area contributed by atoms with E-state index in [1.807, 2.05) is 24.3 Å². The molecule has 1 aromatic carbocycles.